The maximum atomic E-state index is 11.2. The van der Waals surface area contributed by atoms with E-state index in [2.05, 4.69) is 0 Å². The summed E-state index contributed by atoms with van der Waals surface area (Å²) in [5, 5.41) is 0. The number of carbonyl (C=O) groups is 1. The van der Waals surface area contributed by atoms with Crippen molar-refractivity contribution in [3.05, 3.63) is 0 Å². The van der Waals surface area contributed by atoms with Crippen LogP contribution < -0.4 is 0 Å². The molecule has 0 aromatic carbocycles. The molecule has 1 aliphatic carbocycles. The lowest BCUT2D eigenvalue weighted by molar-refractivity contribution is -0.148. The Balaban J connectivity index is 2.02. The molecule has 1 saturated carbocycles. The minimum atomic E-state index is -0.0444. The van der Waals surface area contributed by atoms with E-state index in [0.29, 0.717) is 12.3 Å². The number of alkyl halides is 1. The number of hydrogen-bond donors (Lipinski definition) is 0. The van der Waals surface area contributed by atoms with E-state index in [0.717, 1.165) is 25.7 Å². The van der Waals surface area contributed by atoms with E-state index >= 15 is 0 Å². The van der Waals surface area contributed by atoms with Crippen molar-refractivity contribution in [3.8, 4) is 0 Å². The molecule has 0 aliphatic heterocycles. The van der Waals surface area contributed by atoms with Gasteiger partial charge in [0.2, 0.25) is 0 Å². The Hall–Kier alpha value is -0.240. The highest BCUT2D eigenvalue weighted by Crippen LogP contribution is 2.21. The zero-order chi connectivity index (χ0) is 9.52. The summed E-state index contributed by atoms with van der Waals surface area (Å²) in [6.07, 6.45) is 7.03. The van der Waals surface area contributed by atoms with E-state index in [9.17, 15) is 4.79 Å². The van der Waals surface area contributed by atoms with Crippen LogP contribution in [0.2, 0.25) is 0 Å². The van der Waals surface area contributed by atoms with E-state index in [1.165, 1.54) is 12.8 Å². The predicted octanol–water partition coefficient (Wildman–Crippen LogP) is 2.88. The third-order valence-corrected chi connectivity index (χ3v) is 2.63. The molecule has 0 radical (unpaired) electrons. The highest BCUT2D eigenvalue weighted by Gasteiger charge is 2.18. The van der Waals surface area contributed by atoms with Gasteiger partial charge in [0.1, 0.15) is 6.10 Å². The van der Waals surface area contributed by atoms with Crippen LogP contribution in [-0.2, 0) is 9.53 Å². The standard InChI is InChI=1S/C10H17ClO2/c11-8-4-3-7-10(12)13-9-5-1-2-6-9/h9H,1-8H2. The van der Waals surface area contributed by atoms with E-state index in [1.807, 2.05) is 0 Å². The molecule has 0 spiro atoms. The van der Waals surface area contributed by atoms with E-state index in [4.69, 9.17) is 16.3 Å². The van der Waals surface area contributed by atoms with Crippen LogP contribution >= 0.6 is 11.6 Å². The molecule has 1 rings (SSSR count). The Morgan fingerprint density at radius 2 is 2.00 bits per heavy atom. The molecule has 0 heterocycles. The molecule has 0 amide bonds. The van der Waals surface area contributed by atoms with Crippen LogP contribution in [0.3, 0.4) is 0 Å². The molecule has 0 aromatic heterocycles. The summed E-state index contributed by atoms with van der Waals surface area (Å²) >= 11 is 5.50. The van der Waals surface area contributed by atoms with Gasteiger partial charge in [0, 0.05) is 12.3 Å². The van der Waals surface area contributed by atoms with Crippen molar-refractivity contribution < 1.29 is 9.53 Å². The van der Waals surface area contributed by atoms with Gasteiger partial charge in [-0.2, -0.15) is 0 Å². The highest BCUT2D eigenvalue weighted by molar-refractivity contribution is 6.17. The molecule has 1 fully saturated rings. The minimum absolute atomic E-state index is 0.0444. The van der Waals surface area contributed by atoms with Gasteiger partial charge in [-0.1, -0.05) is 0 Å². The molecule has 0 bridgehead atoms. The van der Waals surface area contributed by atoms with Gasteiger partial charge in [-0.25, -0.2) is 0 Å². The summed E-state index contributed by atoms with van der Waals surface area (Å²) in [6, 6.07) is 0. The molecule has 0 unspecified atom stereocenters. The van der Waals surface area contributed by atoms with Gasteiger partial charge in [0.25, 0.3) is 0 Å². The van der Waals surface area contributed by atoms with Crippen molar-refractivity contribution >= 4 is 17.6 Å². The number of ether oxygens (including phenoxy) is 1. The van der Waals surface area contributed by atoms with E-state index < -0.39 is 0 Å². The van der Waals surface area contributed by atoms with Gasteiger partial charge in [-0.3, -0.25) is 4.79 Å². The third kappa shape index (κ3) is 4.51. The lowest BCUT2D eigenvalue weighted by Crippen LogP contribution is -2.14. The second kappa shape index (κ2) is 6.25. The quantitative estimate of drug-likeness (QED) is 0.391. The molecule has 13 heavy (non-hydrogen) atoms. The van der Waals surface area contributed by atoms with Crippen LogP contribution in [0, 0.1) is 0 Å². The maximum absolute atomic E-state index is 11.2. The Kier molecular flexibility index (Phi) is 5.21. The Morgan fingerprint density at radius 1 is 1.31 bits per heavy atom. The monoisotopic (exact) mass is 204 g/mol. The molecule has 0 saturated heterocycles. The van der Waals surface area contributed by atoms with Crippen molar-refractivity contribution in [2.75, 3.05) is 5.88 Å². The second-order valence-electron chi connectivity index (χ2n) is 3.54. The van der Waals surface area contributed by atoms with Crippen LogP contribution in [0.4, 0.5) is 0 Å². The summed E-state index contributed by atoms with van der Waals surface area (Å²) in [4.78, 5) is 11.2. The first-order chi connectivity index (χ1) is 6.33. The lowest BCUT2D eigenvalue weighted by atomic mass is 10.2. The Morgan fingerprint density at radius 3 is 2.62 bits per heavy atom. The van der Waals surface area contributed by atoms with Gasteiger partial charge in [0.15, 0.2) is 0 Å². The van der Waals surface area contributed by atoms with Crippen LogP contribution in [0.15, 0.2) is 0 Å². The van der Waals surface area contributed by atoms with Crippen molar-refractivity contribution in [1.29, 1.82) is 0 Å². The van der Waals surface area contributed by atoms with Gasteiger partial charge in [-0.05, 0) is 38.5 Å². The topological polar surface area (TPSA) is 26.3 Å². The average Bonchev–Trinajstić information content (AvgIpc) is 2.57. The number of carbonyl (C=O) groups excluding carboxylic acids is 1. The fraction of sp³-hybridized carbons (Fsp3) is 0.900. The van der Waals surface area contributed by atoms with Gasteiger partial charge < -0.3 is 4.74 Å². The van der Waals surface area contributed by atoms with Gasteiger partial charge in [-0.15, -0.1) is 11.6 Å². The first-order valence-electron chi connectivity index (χ1n) is 5.08. The molecule has 2 nitrogen and oxygen atoms in total. The van der Waals surface area contributed by atoms with Crippen molar-refractivity contribution in [3.63, 3.8) is 0 Å². The average molecular weight is 205 g/mol. The lowest BCUT2D eigenvalue weighted by Gasteiger charge is -2.10. The molecule has 0 atom stereocenters. The van der Waals surface area contributed by atoms with Crippen molar-refractivity contribution in [1.82, 2.24) is 0 Å². The molecular formula is C10H17ClO2. The summed E-state index contributed by atoms with van der Waals surface area (Å²) in [5.74, 6) is 0.591. The molecular weight excluding hydrogens is 188 g/mol. The second-order valence-corrected chi connectivity index (χ2v) is 3.92. The molecule has 76 valence electrons. The predicted molar refractivity (Wildman–Crippen MR) is 52.9 cm³/mol. The number of unbranched alkanes of at least 4 members (excludes halogenated alkanes) is 1. The smallest absolute Gasteiger partial charge is 0.306 e. The van der Waals surface area contributed by atoms with Gasteiger partial charge >= 0.3 is 5.97 Å². The number of esters is 1. The SMILES string of the molecule is O=C(CCCCCl)OC1CCCC1. The van der Waals surface area contributed by atoms with Crippen molar-refractivity contribution in [2.45, 2.75) is 51.0 Å². The zero-order valence-corrected chi connectivity index (χ0v) is 8.68. The van der Waals surface area contributed by atoms with Crippen molar-refractivity contribution in [2.24, 2.45) is 0 Å². The van der Waals surface area contributed by atoms with E-state index in [-0.39, 0.29) is 12.1 Å². The largest absolute Gasteiger partial charge is 0.462 e. The number of hydrogen-bond acceptors (Lipinski definition) is 2. The third-order valence-electron chi connectivity index (χ3n) is 2.36. The first-order valence-corrected chi connectivity index (χ1v) is 5.62. The van der Waals surface area contributed by atoms with Crippen LogP contribution in [0.5, 0.6) is 0 Å². The summed E-state index contributed by atoms with van der Waals surface area (Å²) in [6.45, 7) is 0. The summed E-state index contributed by atoms with van der Waals surface area (Å²) in [7, 11) is 0. The number of halogens is 1. The first kappa shape index (κ1) is 10.8. The zero-order valence-electron chi connectivity index (χ0n) is 7.93. The van der Waals surface area contributed by atoms with Crippen LogP contribution in [0.1, 0.15) is 44.9 Å². The normalized spacial score (nSPS) is 17.6. The van der Waals surface area contributed by atoms with Crippen LogP contribution in [0.25, 0.3) is 0 Å². The summed E-state index contributed by atoms with van der Waals surface area (Å²) in [5.41, 5.74) is 0. The minimum Gasteiger partial charge on any atom is -0.462 e. The molecule has 3 heteroatoms. The fourth-order valence-corrected chi connectivity index (χ4v) is 1.80. The Bertz CT molecular complexity index is 153. The maximum Gasteiger partial charge on any atom is 0.306 e. The van der Waals surface area contributed by atoms with E-state index in [1.54, 1.807) is 0 Å². The molecule has 0 aromatic rings. The van der Waals surface area contributed by atoms with Crippen LogP contribution in [-0.4, -0.2) is 18.0 Å². The molecule has 0 N–H and O–H groups in total. The number of rotatable bonds is 5. The summed E-state index contributed by atoms with van der Waals surface area (Å²) < 4.78 is 5.28. The molecule has 1 aliphatic rings. The van der Waals surface area contributed by atoms with Gasteiger partial charge in [0.05, 0.1) is 0 Å². The highest BCUT2D eigenvalue weighted by atomic mass is 35.5. The fourth-order valence-electron chi connectivity index (χ4n) is 1.61. The Labute approximate surface area is 84.6 Å².